The molecule has 0 radical (unpaired) electrons. The Bertz CT molecular complexity index is 666. The van der Waals surface area contributed by atoms with Crippen LogP contribution in [-0.4, -0.2) is 18.7 Å². The molecule has 0 N–H and O–H groups in total. The van der Waals surface area contributed by atoms with Gasteiger partial charge in [-0.1, -0.05) is 30.4 Å². The van der Waals surface area contributed by atoms with Crippen molar-refractivity contribution >= 4 is 12.1 Å². The van der Waals surface area contributed by atoms with Crippen LogP contribution in [0.15, 0.2) is 61.2 Å². The van der Waals surface area contributed by atoms with Crippen LogP contribution in [0.25, 0.3) is 0 Å². The summed E-state index contributed by atoms with van der Waals surface area (Å²) in [7, 11) is 0. The predicted octanol–water partition coefficient (Wildman–Crippen LogP) is 3.20. The molecule has 23 heavy (non-hydrogen) atoms. The number of hydrogen-bond donors (Lipinski definition) is 0. The van der Waals surface area contributed by atoms with Crippen LogP contribution < -0.4 is 9.47 Å². The molecule has 0 heterocycles. The smallest absolute Gasteiger partial charge is 0.373 e. The summed E-state index contributed by atoms with van der Waals surface area (Å²) in [5.41, 5.74) is 1.60. The highest BCUT2D eigenvalue weighted by Gasteiger charge is 2.08. The van der Waals surface area contributed by atoms with Crippen molar-refractivity contribution in [2.75, 3.05) is 6.61 Å². The zero-order valence-electron chi connectivity index (χ0n) is 12.7. The molecule has 0 fully saturated rings. The molecule has 2 rings (SSSR count). The number of benzene rings is 2. The molecule has 0 aliphatic heterocycles. The van der Waals surface area contributed by atoms with Gasteiger partial charge in [0.1, 0.15) is 18.1 Å². The van der Waals surface area contributed by atoms with Gasteiger partial charge in [0.05, 0.1) is 5.56 Å². The summed E-state index contributed by atoms with van der Waals surface area (Å²) in [5.74, 6) is 0.841. The molecule has 5 heteroatoms. The third-order valence-corrected chi connectivity index (χ3v) is 2.69. The fourth-order valence-electron chi connectivity index (χ4n) is 1.61. The van der Waals surface area contributed by atoms with E-state index in [9.17, 15) is 4.79 Å². The molecule has 0 aliphatic carbocycles. The molecule has 0 aromatic heterocycles. The lowest BCUT2D eigenvalue weighted by molar-refractivity contribution is -0.191. The van der Waals surface area contributed by atoms with Crippen molar-refractivity contribution in [1.82, 2.24) is 0 Å². The maximum atomic E-state index is 11.9. The Balaban J connectivity index is 0.000000816. The molecular formula is C18H16O5. The highest BCUT2D eigenvalue weighted by atomic mass is 16.5. The van der Waals surface area contributed by atoms with Gasteiger partial charge in [-0.25, -0.2) is 4.79 Å². The summed E-state index contributed by atoms with van der Waals surface area (Å²) in [6, 6.07) is 14.2. The first kappa shape index (κ1) is 17.9. The zero-order chi connectivity index (χ0) is 17.1. The fraction of sp³-hybridized carbons (Fsp3) is 0.111. The Morgan fingerprint density at radius 2 is 1.57 bits per heavy atom. The molecule has 5 nitrogen and oxygen atoms in total. The van der Waals surface area contributed by atoms with Crippen molar-refractivity contribution < 1.29 is 23.9 Å². The van der Waals surface area contributed by atoms with Crippen LogP contribution in [0.4, 0.5) is 0 Å². The molecule has 2 aromatic rings. The van der Waals surface area contributed by atoms with Gasteiger partial charge < -0.3 is 9.47 Å². The largest absolute Gasteiger partial charge is 0.490 e. The van der Waals surface area contributed by atoms with E-state index in [2.05, 4.69) is 6.58 Å². The average Bonchev–Trinajstić information content (AvgIpc) is 2.56. The van der Waals surface area contributed by atoms with E-state index >= 15 is 0 Å². The summed E-state index contributed by atoms with van der Waals surface area (Å²) in [6.07, 6.45) is 1.92. The van der Waals surface area contributed by atoms with Crippen molar-refractivity contribution in [1.29, 1.82) is 0 Å². The minimum absolute atomic E-state index is 0.250. The van der Waals surface area contributed by atoms with E-state index in [-0.39, 0.29) is 12.1 Å². The molecule has 0 saturated carbocycles. The summed E-state index contributed by atoms with van der Waals surface area (Å²) < 4.78 is 10.6. The molecule has 0 atom stereocenters. The summed E-state index contributed by atoms with van der Waals surface area (Å²) in [5, 5.41) is 0. The van der Waals surface area contributed by atoms with E-state index in [1.165, 1.54) is 0 Å². The van der Waals surface area contributed by atoms with Gasteiger partial charge >= 0.3 is 12.1 Å². The Morgan fingerprint density at radius 3 is 2.09 bits per heavy atom. The lowest BCUT2D eigenvalue weighted by Gasteiger charge is -2.06. The molecule has 2 aromatic carbocycles. The number of aryl methyl sites for hydroxylation is 1. The number of rotatable bonds is 5. The maximum absolute atomic E-state index is 11.9. The average molecular weight is 312 g/mol. The standard InChI is InChI=1S/C17H16O3.CO2/c1-3-12-19-15-10-6-14(7-11-15)17(18)20-16-8-4-13(2)5-9-16;2-1-3/h3-11H,1,12H2,2H3;. The van der Waals surface area contributed by atoms with Gasteiger partial charge in [0.25, 0.3) is 0 Å². The van der Waals surface area contributed by atoms with Crippen LogP contribution in [-0.2, 0) is 9.59 Å². The third kappa shape index (κ3) is 6.42. The fourth-order valence-corrected chi connectivity index (χ4v) is 1.61. The van der Waals surface area contributed by atoms with Crippen molar-refractivity contribution in [3.8, 4) is 11.5 Å². The first-order valence-corrected chi connectivity index (χ1v) is 6.72. The van der Waals surface area contributed by atoms with E-state index in [0.29, 0.717) is 23.7 Å². The van der Waals surface area contributed by atoms with Crippen molar-refractivity contribution in [2.45, 2.75) is 6.92 Å². The van der Waals surface area contributed by atoms with Crippen molar-refractivity contribution in [2.24, 2.45) is 0 Å². The number of ether oxygens (including phenoxy) is 2. The van der Waals surface area contributed by atoms with Gasteiger partial charge in [-0.05, 0) is 43.3 Å². The number of carbonyl (C=O) groups is 1. The molecular weight excluding hydrogens is 296 g/mol. The van der Waals surface area contributed by atoms with Gasteiger partial charge in [0.15, 0.2) is 0 Å². The van der Waals surface area contributed by atoms with Crippen LogP contribution in [0.5, 0.6) is 11.5 Å². The minimum atomic E-state index is -0.385. The maximum Gasteiger partial charge on any atom is 0.373 e. The second-order valence-electron chi connectivity index (χ2n) is 4.41. The topological polar surface area (TPSA) is 69.7 Å². The molecule has 0 bridgehead atoms. The van der Waals surface area contributed by atoms with Gasteiger partial charge in [0.2, 0.25) is 0 Å². The highest BCUT2D eigenvalue weighted by Crippen LogP contribution is 2.16. The molecule has 0 spiro atoms. The lowest BCUT2D eigenvalue weighted by atomic mass is 10.2. The zero-order valence-corrected chi connectivity index (χ0v) is 12.7. The predicted molar refractivity (Wildman–Crippen MR) is 83.3 cm³/mol. The van der Waals surface area contributed by atoms with E-state index in [4.69, 9.17) is 19.1 Å². The summed E-state index contributed by atoms with van der Waals surface area (Å²) in [6.45, 7) is 5.99. The van der Waals surface area contributed by atoms with E-state index in [0.717, 1.165) is 5.56 Å². The van der Waals surface area contributed by atoms with Gasteiger partial charge in [-0.15, -0.1) is 0 Å². The van der Waals surface area contributed by atoms with Gasteiger partial charge in [-0.2, -0.15) is 9.59 Å². The van der Waals surface area contributed by atoms with Crippen LogP contribution in [0.3, 0.4) is 0 Å². The third-order valence-electron chi connectivity index (χ3n) is 2.69. The van der Waals surface area contributed by atoms with Crippen molar-refractivity contribution in [3.05, 3.63) is 72.3 Å². The van der Waals surface area contributed by atoms with E-state index < -0.39 is 0 Å². The van der Waals surface area contributed by atoms with E-state index in [1.807, 2.05) is 19.1 Å². The van der Waals surface area contributed by atoms with Crippen LogP contribution in [0, 0.1) is 6.92 Å². The van der Waals surface area contributed by atoms with Gasteiger partial charge in [0, 0.05) is 0 Å². The Kier molecular flexibility index (Phi) is 7.55. The highest BCUT2D eigenvalue weighted by molar-refractivity contribution is 5.91. The molecule has 118 valence electrons. The quantitative estimate of drug-likeness (QED) is 0.482. The van der Waals surface area contributed by atoms with Crippen LogP contribution in [0.2, 0.25) is 0 Å². The SMILES string of the molecule is C=CCOc1ccc(C(=O)Oc2ccc(C)cc2)cc1.O=C=O. The summed E-state index contributed by atoms with van der Waals surface area (Å²) >= 11 is 0. The Hall–Kier alpha value is -3.17. The first-order valence-electron chi connectivity index (χ1n) is 6.72. The number of hydrogen-bond acceptors (Lipinski definition) is 5. The minimum Gasteiger partial charge on any atom is -0.490 e. The monoisotopic (exact) mass is 312 g/mol. The summed E-state index contributed by atoms with van der Waals surface area (Å²) in [4.78, 5) is 28.2. The first-order chi connectivity index (χ1) is 11.1. The molecule has 0 unspecified atom stereocenters. The molecule has 0 amide bonds. The van der Waals surface area contributed by atoms with Crippen molar-refractivity contribution in [3.63, 3.8) is 0 Å². The molecule has 0 saturated heterocycles. The Labute approximate surface area is 134 Å². The van der Waals surface area contributed by atoms with E-state index in [1.54, 1.807) is 42.5 Å². The van der Waals surface area contributed by atoms with Gasteiger partial charge in [-0.3, -0.25) is 0 Å². The second-order valence-corrected chi connectivity index (χ2v) is 4.41. The second kappa shape index (κ2) is 9.71. The van der Waals surface area contributed by atoms with Crippen LogP contribution in [0.1, 0.15) is 15.9 Å². The molecule has 0 aliphatic rings. The number of esters is 1. The normalized spacial score (nSPS) is 8.91. The Morgan fingerprint density at radius 1 is 1.04 bits per heavy atom. The lowest BCUT2D eigenvalue weighted by Crippen LogP contribution is -2.08. The number of carbonyl (C=O) groups excluding carboxylic acids is 3. The van der Waals surface area contributed by atoms with Crippen LogP contribution >= 0.6 is 0 Å².